The zero-order valence-corrected chi connectivity index (χ0v) is 10.9. The predicted molar refractivity (Wildman–Crippen MR) is 70.7 cm³/mol. The normalized spacial score (nSPS) is 27.6. The average Bonchev–Trinajstić information content (AvgIpc) is 2.36. The molecule has 1 aliphatic carbocycles. The summed E-state index contributed by atoms with van der Waals surface area (Å²) in [6.07, 6.45) is 3.51. The van der Waals surface area contributed by atoms with Crippen LogP contribution in [0.4, 0.5) is 10.1 Å². The first-order valence-corrected chi connectivity index (χ1v) is 6.56. The van der Waals surface area contributed by atoms with E-state index in [2.05, 4.69) is 19.2 Å². The summed E-state index contributed by atoms with van der Waals surface area (Å²) in [5.74, 6) is 1.05. The van der Waals surface area contributed by atoms with Crippen molar-refractivity contribution in [1.29, 1.82) is 5.26 Å². The van der Waals surface area contributed by atoms with Crippen molar-refractivity contribution >= 4 is 5.69 Å². The highest BCUT2D eigenvalue weighted by Gasteiger charge is 2.24. The molecule has 0 radical (unpaired) electrons. The van der Waals surface area contributed by atoms with Gasteiger partial charge in [-0.25, -0.2) is 4.39 Å². The molecule has 1 aromatic rings. The van der Waals surface area contributed by atoms with E-state index in [0.29, 0.717) is 12.0 Å². The van der Waals surface area contributed by atoms with Gasteiger partial charge in [0.1, 0.15) is 11.9 Å². The molecule has 0 bridgehead atoms. The molecule has 0 spiro atoms. The third-order valence-electron chi connectivity index (χ3n) is 4.06. The molecule has 0 heterocycles. The van der Waals surface area contributed by atoms with Crippen LogP contribution in [-0.2, 0) is 0 Å². The number of benzene rings is 1. The van der Waals surface area contributed by atoms with Crippen LogP contribution in [0.5, 0.6) is 0 Å². The molecule has 2 nitrogen and oxygen atoms in total. The Morgan fingerprint density at radius 1 is 1.28 bits per heavy atom. The maximum absolute atomic E-state index is 13.2. The summed E-state index contributed by atoms with van der Waals surface area (Å²) in [5.41, 5.74) is 0.955. The fourth-order valence-electron chi connectivity index (χ4n) is 2.62. The second kappa shape index (κ2) is 5.39. The van der Waals surface area contributed by atoms with Gasteiger partial charge < -0.3 is 5.32 Å². The number of hydrogen-bond acceptors (Lipinski definition) is 2. The van der Waals surface area contributed by atoms with Crippen molar-refractivity contribution < 1.29 is 4.39 Å². The first kappa shape index (κ1) is 12.9. The van der Waals surface area contributed by atoms with Crippen LogP contribution in [0.2, 0.25) is 0 Å². The molecule has 0 saturated heterocycles. The van der Waals surface area contributed by atoms with Crippen LogP contribution >= 0.6 is 0 Å². The maximum Gasteiger partial charge on any atom is 0.141 e. The van der Waals surface area contributed by atoms with E-state index < -0.39 is 5.82 Å². The molecule has 1 aliphatic rings. The molecule has 1 N–H and O–H groups in total. The number of nitrogens with zero attached hydrogens (tertiary/aromatic N) is 1. The van der Waals surface area contributed by atoms with Crippen molar-refractivity contribution in [1.82, 2.24) is 0 Å². The van der Waals surface area contributed by atoms with Gasteiger partial charge in [-0.3, -0.25) is 0 Å². The van der Waals surface area contributed by atoms with E-state index in [1.165, 1.54) is 12.5 Å². The second-order valence-corrected chi connectivity index (χ2v) is 5.42. The van der Waals surface area contributed by atoms with E-state index in [4.69, 9.17) is 5.26 Å². The van der Waals surface area contributed by atoms with E-state index in [0.717, 1.165) is 24.4 Å². The monoisotopic (exact) mass is 246 g/mol. The van der Waals surface area contributed by atoms with E-state index in [1.807, 2.05) is 6.07 Å². The Bertz CT molecular complexity index is 464. The largest absolute Gasteiger partial charge is 0.382 e. The van der Waals surface area contributed by atoms with Gasteiger partial charge in [-0.05, 0) is 49.3 Å². The molecule has 2 rings (SSSR count). The van der Waals surface area contributed by atoms with Crippen LogP contribution < -0.4 is 5.32 Å². The van der Waals surface area contributed by atoms with Crippen LogP contribution in [0.3, 0.4) is 0 Å². The minimum Gasteiger partial charge on any atom is -0.382 e. The van der Waals surface area contributed by atoms with Crippen LogP contribution in [-0.4, -0.2) is 6.04 Å². The van der Waals surface area contributed by atoms with Crippen LogP contribution in [0, 0.1) is 29.0 Å². The molecule has 3 heteroatoms. The summed E-state index contributed by atoms with van der Waals surface area (Å²) in [4.78, 5) is 0. The number of halogens is 1. The zero-order valence-electron chi connectivity index (χ0n) is 10.9. The van der Waals surface area contributed by atoms with Crippen LogP contribution in [0.15, 0.2) is 18.2 Å². The minimum absolute atomic E-state index is 0.109. The Hall–Kier alpha value is -1.56. The summed E-state index contributed by atoms with van der Waals surface area (Å²) in [6.45, 7) is 4.58. The zero-order chi connectivity index (χ0) is 13.1. The van der Waals surface area contributed by atoms with Gasteiger partial charge in [-0.1, -0.05) is 13.8 Å². The number of nitrogens with one attached hydrogen (secondary N) is 1. The van der Waals surface area contributed by atoms with E-state index in [1.54, 1.807) is 12.1 Å². The standard InChI is InChI=1S/C15H19FN2/c1-10-3-4-13(7-11(10)2)18-14-5-6-15(16)12(8-14)9-17/h5-6,8,10-11,13,18H,3-4,7H2,1-2H3. The smallest absolute Gasteiger partial charge is 0.141 e. The Morgan fingerprint density at radius 2 is 2.06 bits per heavy atom. The Balaban J connectivity index is 2.04. The Labute approximate surface area is 108 Å². The van der Waals surface area contributed by atoms with Gasteiger partial charge >= 0.3 is 0 Å². The van der Waals surface area contributed by atoms with E-state index in [-0.39, 0.29) is 5.56 Å². The molecule has 1 fully saturated rings. The summed E-state index contributed by atoms with van der Waals surface area (Å²) in [6, 6.07) is 6.97. The van der Waals surface area contributed by atoms with Gasteiger partial charge in [0.25, 0.3) is 0 Å². The molecule has 0 aliphatic heterocycles. The summed E-state index contributed by atoms with van der Waals surface area (Å²) in [5, 5.41) is 12.2. The number of anilines is 1. The third-order valence-corrected chi connectivity index (χ3v) is 4.06. The minimum atomic E-state index is -0.450. The van der Waals surface area contributed by atoms with Gasteiger partial charge in [0.15, 0.2) is 0 Å². The third kappa shape index (κ3) is 2.81. The van der Waals surface area contributed by atoms with Crippen molar-refractivity contribution in [3.63, 3.8) is 0 Å². The number of rotatable bonds is 2. The lowest BCUT2D eigenvalue weighted by Crippen LogP contribution is -2.30. The Kier molecular flexibility index (Phi) is 3.86. The highest BCUT2D eigenvalue weighted by Crippen LogP contribution is 2.31. The van der Waals surface area contributed by atoms with Crippen molar-refractivity contribution in [2.75, 3.05) is 5.32 Å². The average molecular weight is 246 g/mol. The first-order chi connectivity index (χ1) is 8.60. The molecule has 0 aromatic heterocycles. The SMILES string of the molecule is CC1CCC(Nc2ccc(F)c(C#N)c2)CC1C. The van der Waals surface area contributed by atoms with Crippen molar-refractivity contribution in [2.24, 2.45) is 11.8 Å². The van der Waals surface area contributed by atoms with E-state index in [9.17, 15) is 4.39 Å². The lowest BCUT2D eigenvalue weighted by molar-refractivity contribution is 0.261. The van der Waals surface area contributed by atoms with E-state index >= 15 is 0 Å². The molecule has 18 heavy (non-hydrogen) atoms. The quantitative estimate of drug-likeness (QED) is 0.858. The molecule has 0 amide bonds. The van der Waals surface area contributed by atoms with Crippen LogP contribution in [0.1, 0.15) is 38.7 Å². The summed E-state index contributed by atoms with van der Waals surface area (Å²) >= 11 is 0. The molecule has 1 saturated carbocycles. The fourth-order valence-corrected chi connectivity index (χ4v) is 2.62. The Morgan fingerprint density at radius 3 is 2.72 bits per heavy atom. The lowest BCUT2D eigenvalue weighted by Gasteiger charge is -2.33. The molecular formula is C15H19FN2. The summed E-state index contributed by atoms with van der Waals surface area (Å²) < 4.78 is 13.2. The molecule has 96 valence electrons. The molecule has 1 aromatic carbocycles. The van der Waals surface area contributed by atoms with Gasteiger partial charge in [0.05, 0.1) is 5.56 Å². The van der Waals surface area contributed by atoms with Gasteiger partial charge in [0.2, 0.25) is 0 Å². The topological polar surface area (TPSA) is 35.8 Å². The molecule has 3 unspecified atom stereocenters. The lowest BCUT2D eigenvalue weighted by atomic mass is 9.79. The number of nitriles is 1. The maximum atomic E-state index is 13.2. The van der Waals surface area contributed by atoms with Gasteiger partial charge in [-0.15, -0.1) is 0 Å². The van der Waals surface area contributed by atoms with Crippen molar-refractivity contribution in [3.05, 3.63) is 29.6 Å². The predicted octanol–water partition coefficient (Wildman–Crippen LogP) is 3.93. The first-order valence-electron chi connectivity index (χ1n) is 6.56. The van der Waals surface area contributed by atoms with Crippen molar-refractivity contribution in [3.8, 4) is 6.07 Å². The molecular weight excluding hydrogens is 227 g/mol. The number of hydrogen-bond donors (Lipinski definition) is 1. The molecule has 3 atom stereocenters. The van der Waals surface area contributed by atoms with Crippen molar-refractivity contribution in [2.45, 2.75) is 39.2 Å². The fraction of sp³-hybridized carbons (Fsp3) is 0.533. The summed E-state index contributed by atoms with van der Waals surface area (Å²) in [7, 11) is 0. The second-order valence-electron chi connectivity index (χ2n) is 5.42. The van der Waals surface area contributed by atoms with Gasteiger partial charge in [-0.2, -0.15) is 5.26 Å². The van der Waals surface area contributed by atoms with Gasteiger partial charge in [0, 0.05) is 11.7 Å². The highest BCUT2D eigenvalue weighted by molar-refractivity contribution is 5.50. The van der Waals surface area contributed by atoms with Crippen LogP contribution in [0.25, 0.3) is 0 Å². The highest BCUT2D eigenvalue weighted by atomic mass is 19.1.